The summed E-state index contributed by atoms with van der Waals surface area (Å²) in [5, 5.41) is 11.8. The van der Waals surface area contributed by atoms with Gasteiger partial charge in [0.1, 0.15) is 10.8 Å². The maximum absolute atomic E-state index is 9.59. The van der Waals surface area contributed by atoms with Crippen LogP contribution in [0.5, 0.6) is 0 Å². The number of rotatable bonds is 3. The van der Waals surface area contributed by atoms with Crippen LogP contribution in [0.2, 0.25) is 0 Å². The summed E-state index contributed by atoms with van der Waals surface area (Å²) in [6.45, 7) is 2.09. The molecular formula is C22H21N3OS. The van der Waals surface area contributed by atoms with Gasteiger partial charge in [-0.2, -0.15) is 0 Å². The summed E-state index contributed by atoms with van der Waals surface area (Å²) in [7, 11) is 0. The lowest BCUT2D eigenvalue weighted by molar-refractivity contribution is 0.208. The Kier molecular flexibility index (Phi) is 4.26. The van der Waals surface area contributed by atoms with Gasteiger partial charge in [0, 0.05) is 30.6 Å². The topological polar surface area (TPSA) is 49.2 Å². The molecule has 4 aromatic rings. The van der Waals surface area contributed by atoms with E-state index in [-0.39, 0.29) is 6.61 Å². The number of nitrogens with zero attached hydrogens (tertiary/aromatic N) is 3. The summed E-state index contributed by atoms with van der Waals surface area (Å²) >= 11 is 1.73. The zero-order chi connectivity index (χ0) is 18.2. The van der Waals surface area contributed by atoms with Crippen LogP contribution in [0, 0.1) is 5.92 Å². The van der Waals surface area contributed by atoms with Crippen molar-refractivity contribution in [2.45, 2.75) is 12.8 Å². The third-order valence-electron chi connectivity index (χ3n) is 5.33. The minimum absolute atomic E-state index is 0.245. The van der Waals surface area contributed by atoms with Gasteiger partial charge in [-0.15, -0.1) is 11.3 Å². The Labute approximate surface area is 162 Å². The molecule has 1 saturated heterocycles. The summed E-state index contributed by atoms with van der Waals surface area (Å²) in [5.74, 6) is 1.32. The van der Waals surface area contributed by atoms with Crippen LogP contribution >= 0.6 is 11.3 Å². The lowest BCUT2D eigenvalue weighted by atomic mass is 9.99. The van der Waals surface area contributed by atoms with Crippen LogP contribution in [0.15, 0.2) is 54.6 Å². The molecule has 4 nitrogen and oxygen atoms in total. The van der Waals surface area contributed by atoms with Crippen molar-refractivity contribution in [1.82, 2.24) is 9.97 Å². The van der Waals surface area contributed by atoms with Gasteiger partial charge in [-0.25, -0.2) is 9.97 Å². The van der Waals surface area contributed by atoms with Crippen LogP contribution in [-0.2, 0) is 0 Å². The first-order chi connectivity index (χ1) is 13.3. The molecular weight excluding hydrogens is 354 g/mol. The largest absolute Gasteiger partial charge is 0.396 e. The Bertz CT molecular complexity index is 1070. The lowest BCUT2D eigenvalue weighted by Gasteiger charge is -2.33. The van der Waals surface area contributed by atoms with E-state index in [4.69, 9.17) is 9.97 Å². The third-order valence-corrected chi connectivity index (χ3v) is 6.40. The number of aliphatic hydroxyl groups is 1. The summed E-state index contributed by atoms with van der Waals surface area (Å²) in [5.41, 5.74) is 3.18. The van der Waals surface area contributed by atoms with Crippen molar-refractivity contribution >= 4 is 38.3 Å². The highest BCUT2D eigenvalue weighted by Gasteiger charge is 2.22. The van der Waals surface area contributed by atoms with Crippen molar-refractivity contribution < 1.29 is 5.11 Å². The third kappa shape index (κ3) is 3.07. The van der Waals surface area contributed by atoms with Gasteiger partial charge in [-0.3, -0.25) is 0 Å². The van der Waals surface area contributed by atoms with Gasteiger partial charge in [0.15, 0.2) is 0 Å². The standard InChI is InChI=1S/C22H21N3OS/c26-14-15-6-5-11-25(13-15)21-12-17(16-7-1-2-8-18(16)23-21)22-24-19-9-3-4-10-20(19)27-22/h1-4,7-10,12,15,26H,5-6,11,13-14H2/t15-/m0/s1. The second kappa shape index (κ2) is 6.91. The molecule has 0 unspecified atom stereocenters. The number of anilines is 1. The van der Waals surface area contributed by atoms with E-state index < -0.39 is 0 Å². The second-order valence-corrected chi connectivity index (χ2v) is 8.20. The van der Waals surface area contributed by atoms with Gasteiger partial charge in [-0.1, -0.05) is 30.3 Å². The number of para-hydroxylation sites is 2. The molecule has 2 aromatic carbocycles. The molecule has 3 heterocycles. The average Bonchev–Trinajstić information content (AvgIpc) is 3.17. The van der Waals surface area contributed by atoms with Crippen LogP contribution in [0.1, 0.15) is 12.8 Å². The van der Waals surface area contributed by atoms with Crippen molar-refractivity contribution in [2.75, 3.05) is 24.6 Å². The number of thiazole rings is 1. The first kappa shape index (κ1) is 16.7. The van der Waals surface area contributed by atoms with Gasteiger partial charge in [0.25, 0.3) is 0 Å². The summed E-state index contributed by atoms with van der Waals surface area (Å²) in [4.78, 5) is 12.1. The Balaban J connectivity index is 1.66. The second-order valence-electron chi connectivity index (χ2n) is 7.17. The van der Waals surface area contributed by atoms with Crippen molar-refractivity contribution in [2.24, 2.45) is 5.92 Å². The normalized spacial score (nSPS) is 17.7. The van der Waals surface area contributed by atoms with Crippen LogP contribution < -0.4 is 4.90 Å². The smallest absolute Gasteiger partial charge is 0.129 e. The molecule has 5 rings (SSSR count). The fourth-order valence-corrected chi connectivity index (χ4v) is 4.91. The summed E-state index contributed by atoms with van der Waals surface area (Å²) in [6, 6.07) is 18.8. The van der Waals surface area contributed by atoms with Gasteiger partial charge in [0.05, 0.1) is 15.7 Å². The first-order valence-electron chi connectivity index (χ1n) is 9.43. The molecule has 1 aliphatic heterocycles. The molecule has 0 radical (unpaired) electrons. The van der Waals surface area contributed by atoms with Crippen molar-refractivity contribution in [3.8, 4) is 10.6 Å². The molecule has 1 fully saturated rings. The molecule has 27 heavy (non-hydrogen) atoms. The molecule has 0 saturated carbocycles. The van der Waals surface area contributed by atoms with Gasteiger partial charge < -0.3 is 10.0 Å². The fraction of sp³-hybridized carbons (Fsp3) is 0.273. The van der Waals surface area contributed by atoms with Crippen molar-refractivity contribution in [3.63, 3.8) is 0 Å². The first-order valence-corrected chi connectivity index (χ1v) is 10.2. The Morgan fingerprint density at radius 2 is 1.85 bits per heavy atom. The number of aromatic nitrogens is 2. The zero-order valence-corrected chi connectivity index (χ0v) is 15.8. The number of pyridine rings is 1. The lowest BCUT2D eigenvalue weighted by Crippen LogP contribution is -2.37. The highest BCUT2D eigenvalue weighted by molar-refractivity contribution is 7.21. The van der Waals surface area contributed by atoms with E-state index in [2.05, 4.69) is 47.4 Å². The van der Waals surface area contributed by atoms with E-state index >= 15 is 0 Å². The Morgan fingerprint density at radius 1 is 1.04 bits per heavy atom. The molecule has 1 aliphatic rings. The van der Waals surface area contributed by atoms with Crippen LogP contribution in [0.25, 0.3) is 31.7 Å². The minimum atomic E-state index is 0.245. The van der Waals surface area contributed by atoms with E-state index in [1.807, 2.05) is 12.1 Å². The van der Waals surface area contributed by atoms with E-state index in [0.717, 1.165) is 58.7 Å². The van der Waals surface area contributed by atoms with E-state index in [9.17, 15) is 5.11 Å². The van der Waals surface area contributed by atoms with Crippen LogP contribution in [0.4, 0.5) is 5.82 Å². The Hall–Kier alpha value is -2.50. The van der Waals surface area contributed by atoms with Crippen molar-refractivity contribution in [3.05, 3.63) is 54.6 Å². The maximum Gasteiger partial charge on any atom is 0.129 e. The molecule has 0 bridgehead atoms. The van der Waals surface area contributed by atoms with Crippen LogP contribution in [-0.4, -0.2) is 34.8 Å². The average molecular weight is 375 g/mol. The fourth-order valence-electron chi connectivity index (χ4n) is 3.91. The number of fused-ring (bicyclic) bond motifs is 2. The summed E-state index contributed by atoms with van der Waals surface area (Å²) < 4.78 is 1.20. The van der Waals surface area contributed by atoms with Gasteiger partial charge >= 0.3 is 0 Å². The van der Waals surface area contributed by atoms with E-state index in [0.29, 0.717) is 5.92 Å². The van der Waals surface area contributed by atoms with Crippen molar-refractivity contribution in [1.29, 1.82) is 0 Å². The zero-order valence-electron chi connectivity index (χ0n) is 15.0. The molecule has 136 valence electrons. The highest BCUT2D eigenvalue weighted by atomic mass is 32.1. The van der Waals surface area contributed by atoms with Crippen LogP contribution in [0.3, 0.4) is 0 Å². The summed E-state index contributed by atoms with van der Waals surface area (Å²) in [6.07, 6.45) is 2.18. The molecule has 2 aromatic heterocycles. The molecule has 1 N–H and O–H groups in total. The number of benzene rings is 2. The number of hydrogen-bond donors (Lipinski definition) is 1. The molecule has 0 aliphatic carbocycles. The van der Waals surface area contributed by atoms with E-state index in [1.54, 1.807) is 11.3 Å². The van der Waals surface area contributed by atoms with Gasteiger partial charge in [-0.05, 0) is 43.0 Å². The molecule has 1 atom stereocenters. The SMILES string of the molecule is OC[C@H]1CCCN(c2cc(-c3nc4ccccc4s3)c3ccccc3n2)C1. The highest BCUT2D eigenvalue weighted by Crippen LogP contribution is 2.36. The molecule has 0 spiro atoms. The number of aliphatic hydroxyl groups excluding tert-OH is 1. The number of hydrogen-bond acceptors (Lipinski definition) is 5. The predicted octanol–water partition coefficient (Wildman–Crippen LogP) is 4.72. The minimum Gasteiger partial charge on any atom is -0.396 e. The number of piperidine rings is 1. The van der Waals surface area contributed by atoms with E-state index in [1.165, 1.54) is 4.70 Å². The predicted molar refractivity (Wildman–Crippen MR) is 112 cm³/mol. The maximum atomic E-state index is 9.59. The molecule has 0 amide bonds. The van der Waals surface area contributed by atoms with Gasteiger partial charge in [0.2, 0.25) is 0 Å². The molecule has 5 heteroatoms. The quantitative estimate of drug-likeness (QED) is 0.563. The Morgan fingerprint density at radius 3 is 2.70 bits per heavy atom. The monoisotopic (exact) mass is 375 g/mol.